The summed E-state index contributed by atoms with van der Waals surface area (Å²) in [6.45, 7) is 1.01. The molecule has 144 valence electrons. The molecule has 0 radical (unpaired) electrons. The molecule has 2 aliphatic rings. The predicted molar refractivity (Wildman–Crippen MR) is 106 cm³/mol. The topological polar surface area (TPSA) is 78.5 Å². The number of carbonyl (C=O) groups excluding carboxylic acids is 3. The number of likely N-dealkylation sites (tertiary alicyclic amines) is 1. The van der Waals surface area contributed by atoms with Gasteiger partial charge in [0.15, 0.2) is 0 Å². The fourth-order valence-electron chi connectivity index (χ4n) is 3.86. The van der Waals surface area contributed by atoms with E-state index in [1.807, 2.05) is 42.5 Å². The smallest absolute Gasteiger partial charge is 0.253 e. The molecule has 0 aromatic heterocycles. The van der Waals surface area contributed by atoms with Crippen molar-refractivity contribution < 1.29 is 14.4 Å². The zero-order chi connectivity index (χ0) is 19.5. The maximum Gasteiger partial charge on any atom is 0.253 e. The van der Waals surface area contributed by atoms with E-state index < -0.39 is 0 Å². The first kappa shape index (κ1) is 18.2. The highest BCUT2D eigenvalue weighted by molar-refractivity contribution is 5.96. The maximum atomic E-state index is 12.7. The van der Waals surface area contributed by atoms with Crippen molar-refractivity contribution in [1.82, 2.24) is 10.2 Å². The first-order valence-electron chi connectivity index (χ1n) is 9.64. The third kappa shape index (κ3) is 3.91. The van der Waals surface area contributed by atoms with E-state index in [2.05, 4.69) is 10.6 Å². The molecule has 6 heteroatoms. The van der Waals surface area contributed by atoms with Crippen molar-refractivity contribution in [3.8, 4) is 0 Å². The van der Waals surface area contributed by atoms with Crippen molar-refractivity contribution in [2.45, 2.75) is 25.3 Å². The van der Waals surface area contributed by atoms with Gasteiger partial charge < -0.3 is 15.5 Å². The van der Waals surface area contributed by atoms with Gasteiger partial charge >= 0.3 is 0 Å². The number of hydrogen-bond acceptors (Lipinski definition) is 3. The molecule has 0 spiro atoms. The molecule has 2 aliphatic heterocycles. The van der Waals surface area contributed by atoms with Gasteiger partial charge in [-0.1, -0.05) is 30.3 Å². The molecule has 0 saturated carbocycles. The van der Waals surface area contributed by atoms with Crippen molar-refractivity contribution in [3.63, 3.8) is 0 Å². The lowest BCUT2D eigenvalue weighted by atomic mass is 10.0. The van der Waals surface area contributed by atoms with Crippen molar-refractivity contribution >= 4 is 23.4 Å². The zero-order valence-electron chi connectivity index (χ0n) is 15.6. The van der Waals surface area contributed by atoms with Crippen LogP contribution in [0.25, 0.3) is 0 Å². The fraction of sp³-hybridized carbons (Fsp3) is 0.318. The van der Waals surface area contributed by atoms with Crippen LogP contribution in [0.5, 0.6) is 0 Å². The quantitative estimate of drug-likeness (QED) is 0.860. The van der Waals surface area contributed by atoms with Gasteiger partial charge in [0.05, 0.1) is 12.0 Å². The number of carbonyl (C=O) groups is 3. The Morgan fingerprint density at radius 3 is 2.61 bits per heavy atom. The molecule has 2 aromatic rings. The van der Waals surface area contributed by atoms with Crippen LogP contribution < -0.4 is 10.6 Å². The summed E-state index contributed by atoms with van der Waals surface area (Å²) >= 11 is 0. The second kappa shape index (κ2) is 7.84. The van der Waals surface area contributed by atoms with E-state index in [0.29, 0.717) is 31.5 Å². The van der Waals surface area contributed by atoms with E-state index in [1.54, 1.807) is 17.0 Å². The van der Waals surface area contributed by atoms with Gasteiger partial charge in [0.1, 0.15) is 0 Å². The van der Waals surface area contributed by atoms with E-state index in [-0.39, 0.29) is 29.7 Å². The Bertz CT molecular complexity index is 897. The van der Waals surface area contributed by atoms with Gasteiger partial charge in [-0.2, -0.15) is 0 Å². The average Bonchev–Trinajstić information content (AvgIpc) is 3.38. The minimum absolute atomic E-state index is 0.00909. The molecule has 2 saturated heterocycles. The van der Waals surface area contributed by atoms with Crippen LogP contribution in [0.15, 0.2) is 54.6 Å². The third-order valence-electron chi connectivity index (χ3n) is 5.42. The summed E-state index contributed by atoms with van der Waals surface area (Å²) in [6, 6.07) is 16.8. The summed E-state index contributed by atoms with van der Waals surface area (Å²) in [5, 5.41) is 5.91. The molecule has 2 atom stereocenters. The molecule has 6 nitrogen and oxygen atoms in total. The summed E-state index contributed by atoms with van der Waals surface area (Å²) in [4.78, 5) is 38.4. The largest absolute Gasteiger partial charge is 0.349 e. The molecule has 2 heterocycles. The lowest BCUT2D eigenvalue weighted by Crippen LogP contribution is -2.31. The SMILES string of the molecule is O=C1CCC(c2cccc(NC(=O)C3CCN(C(=O)c4ccccc4)C3)c2)N1. The van der Waals surface area contributed by atoms with Gasteiger partial charge in [0, 0.05) is 30.8 Å². The number of rotatable bonds is 4. The second-order valence-electron chi connectivity index (χ2n) is 7.38. The average molecular weight is 377 g/mol. The molecule has 2 unspecified atom stereocenters. The Kier molecular flexibility index (Phi) is 5.10. The van der Waals surface area contributed by atoms with Crippen LogP contribution in [0.4, 0.5) is 5.69 Å². The summed E-state index contributed by atoms with van der Waals surface area (Å²) in [5.74, 6) is -0.262. The summed E-state index contributed by atoms with van der Waals surface area (Å²) in [5.41, 5.74) is 2.36. The molecule has 2 aromatic carbocycles. The molecular formula is C22H23N3O3. The Labute approximate surface area is 163 Å². The number of nitrogens with zero attached hydrogens (tertiary/aromatic N) is 1. The van der Waals surface area contributed by atoms with E-state index in [9.17, 15) is 14.4 Å². The normalized spacial score (nSPS) is 21.4. The second-order valence-corrected chi connectivity index (χ2v) is 7.38. The fourth-order valence-corrected chi connectivity index (χ4v) is 3.86. The van der Waals surface area contributed by atoms with Crippen LogP contribution in [0.2, 0.25) is 0 Å². The molecule has 4 rings (SSSR count). The minimum Gasteiger partial charge on any atom is -0.349 e. The van der Waals surface area contributed by atoms with Crippen molar-refractivity contribution in [3.05, 3.63) is 65.7 Å². The van der Waals surface area contributed by atoms with Crippen LogP contribution in [0.1, 0.15) is 41.2 Å². The lowest BCUT2D eigenvalue weighted by Gasteiger charge is -2.17. The standard InChI is InChI=1S/C22H23N3O3/c26-20-10-9-19(24-20)16-7-4-8-18(13-16)23-21(27)17-11-12-25(14-17)22(28)15-5-2-1-3-6-15/h1-8,13,17,19H,9-12,14H2,(H,23,27)(H,24,26). The van der Waals surface area contributed by atoms with E-state index >= 15 is 0 Å². The van der Waals surface area contributed by atoms with Gasteiger partial charge in [0.25, 0.3) is 5.91 Å². The summed E-state index contributed by atoms with van der Waals surface area (Å²) in [6.07, 6.45) is 1.97. The Morgan fingerprint density at radius 1 is 1.04 bits per heavy atom. The third-order valence-corrected chi connectivity index (χ3v) is 5.42. The monoisotopic (exact) mass is 377 g/mol. The van der Waals surface area contributed by atoms with Gasteiger partial charge in [-0.15, -0.1) is 0 Å². The number of benzene rings is 2. The van der Waals surface area contributed by atoms with Crippen molar-refractivity contribution in [1.29, 1.82) is 0 Å². The van der Waals surface area contributed by atoms with Crippen LogP contribution in [-0.4, -0.2) is 35.7 Å². The van der Waals surface area contributed by atoms with Gasteiger partial charge in [-0.25, -0.2) is 0 Å². The van der Waals surface area contributed by atoms with E-state index in [4.69, 9.17) is 0 Å². The Hall–Kier alpha value is -3.15. The highest BCUT2D eigenvalue weighted by Gasteiger charge is 2.31. The van der Waals surface area contributed by atoms with Gasteiger partial charge in [-0.3, -0.25) is 14.4 Å². The van der Waals surface area contributed by atoms with Gasteiger partial charge in [0.2, 0.25) is 11.8 Å². The van der Waals surface area contributed by atoms with E-state index in [1.165, 1.54) is 0 Å². The van der Waals surface area contributed by atoms with Gasteiger partial charge in [-0.05, 0) is 42.7 Å². The molecule has 2 fully saturated rings. The number of hydrogen-bond donors (Lipinski definition) is 2. The Balaban J connectivity index is 1.37. The van der Waals surface area contributed by atoms with Crippen LogP contribution in [-0.2, 0) is 9.59 Å². The lowest BCUT2D eigenvalue weighted by molar-refractivity contribution is -0.120. The van der Waals surface area contributed by atoms with Crippen LogP contribution in [0, 0.1) is 5.92 Å². The maximum absolute atomic E-state index is 12.7. The summed E-state index contributed by atoms with van der Waals surface area (Å²) in [7, 11) is 0. The molecular weight excluding hydrogens is 354 g/mol. The zero-order valence-corrected chi connectivity index (χ0v) is 15.6. The molecule has 3 amide bonds. The van der Waals surface area contributed by atoms with Crippen LogP contribution >= 0.6 is 0 Å². The number of anilines is 1. The highest BCUT2D eigenvalue weighted by Crippen LogP contribution is 2.26. The van der Waals surface area contributed by atoms with Crippen molar-refractivity contribution in [2.24, 2.45) is 5.92 Å². The first-order valence-corrected chi connectivity index (χ1v) is 9.64. The highest BCUT2D eigenvalue weighted by atomic mass is 16.2. The first-order chi connectivity index (χ1) is 13.6. The molecule has 28 heavy (non-hydrogen) atoms. The molecule has 2 N–H and O–H groups in total. The predicted octanol–water partition coefficient (Wildman–Crippen LogP) is 2.74. The number of nitrogens with one attached hydrogen (secondary N) is 2. The molecule has 0 bridgehead atoms. The van der Waals surface area contributed by atoms with Crippen LogP contribution in [0.3, 0.4) is 0 Å². The van der Waals surface area contributed by atoms with Crippen molar-refractivity contribution in [2.75, 3.05) is 18.4 Å². The van der Waals surface area contributed by atoms with E-state index in [0.717, 1.165) is 17.7 Å². The number of amides is 3. The molecule has 0 aliphatic carbocycles. The minimum atomic E-state index is -0.220. The summed E-state index contributed by atoms with van der Waals surface area (Å²) < 4.78 is 0. The Morgan fingerprint density at radius 2 is 1.86 bits per heavy atom.